The van der Waals surface area contributed by atoms with E-state index in [0.717, 1.165) is 55.5 Å². The predicted molar refractivity (Wildman–Crippen MR) is 118 cm³/mol. The summed E-state index contributed by atoms with van der Waals surface area (Å²) in [7, 11) is -3.04. The minimum Gasteiger partial charge on any atom is -0.489 e. The van der Waals surface area contributed by atoms with Gasteiger partial charge in [-0.25, -0.2) is 8.42 Å². The Morgan fingerprint density at radius 3 is 2.47 bits per heavy atom. The molecule has 30 heavy (non-hydrogen) atoms. The van der Waals surface area contributed by atoms with Crippen molar-refractivity contribution in [1.82, 2.24) is 4.90 Å². The normalized spacial score (nSPS) is 19.9. The van der Waals surface area contributed by atoms with Crippen molar-refractivity contribution in [2.24, 2.45) is 0 Å². The number of aryl methyl sites for hydroxylation is 1. The van der Waals surface area contributed by atoms with Gasteiger partial charge in [0.05, 0.1) is 17.6 Å². The van der Waals surface area contributed by atoms with Crippen LogP contribution >= 0.6 is 0 Å². The molecule has 2 aliphatic rings. The van der Waals surface area contributed by atoms with Gasteiger partial charge in [-0.15, -0.1) is 0 Å². The van der Waals surface area contributed by atoms with Gasteiger partial charge in [0.2, 0.25) is 0 Å². The number of hydrogen-bond acceptors (Lipinski definition) is 5. The fourth-order valence-electron chi connectivity index (χ4n) is 4.22. The second kappa shape index (κ2) is 9.08. The highest BCUT2D eigenvalue weighted by Crippen LogP contribution is 2.31. The number of ether oxygens (including phenoxy) is 1. The first-order valence-corrected chi connectivity index (χ1v) is 12.5. The highest BCUT2D eigenvalue weighted by molar-refractivity contribution is 7.91. The summed E-state index contributed by atoms with van der Waals surface area (Å²) < 4.78 is 30.6. The summed E-state index contributed by atoms with van der Waals surface area (Å²) in [5, 5.41) is 9.33. The lowest BCUT2D eigenvalue weighted by Gasteiger charge is -2.22. The van der Waals surface area contributed by atoms with Gasteiger partial charge in [0.1, 0.15) is 12.4 Å². The Balaban J connectivity index is 1.35. The lowest BCUT2D eigenvalue weighted by atomic mass is 10.1. The third-order valence-electron chi connectivity index (χ3n) is 6.03. The summed E-state index contributed by atoms with van der Waals surface area (Å²) in [5.41, 5.74) is 4.12. The summed E-state index contributed by atoms with van der Waals surface area (Å²) in [6.07, 6.45) is 3.82. The number of hydrogen-bond donors (Lipinski definition) is 1. The lowest BCUT2D eigenvalue weighted by Crippen LogP contribution is -2.31. The number of rotatable bonds is 9. The van der Waals surface area contributed by atoms with Gasteiger partial charge in [-0.2, -0.15) is 0 Å². The molecule has 2 aromatic rings. The van der Waals surface area contributed by atoms with Crippen LogP contribution in [0.2, 0.25) is 0 Å². The van der Waals surface area contributed by atoms with E-state index in [1.807, 2.05) is 25.1 Å². The van der Waals surface area contributed by atoms with Crippen LogP contribution in [0.3, 0.4) is 0 Å². The molecule has 2 aromatic carbocycles. The third kappa shape index (κ3) is 5.42. The molecule has 1 saturated carbocycles. The second-order valence-electron chi connectivity index (χ2n) is 8.72. The lowest BCUT2D eigenvalue weighted by molar-refractivity contribution is 0.153. The summed E-state index contributed by atoms with van der Waals surface area (Å²) in [5.74, 6) is 0.804. The molecular formula is C24H31NO4S. The standard InChI is InChI=1S/C24H31NO4S/c1-18-11-21(17-30(27,28)24-8-9-24)13-23(12-18)29-16-20-6-4-19(5-7-20)14-25-10-2-3-22(25)15-26/h4-7,11-13,22,24,26H,2-3,8-10,14-17H2,1H3/t22-/m1/s1. The molecule has 1 heterocycles. The van der Waals surface area contributed by atoms with Crippen molar-refractivity contribution in [2.75, 3.05) is 13.2 Å². The Kier molecular flexibility index (Phi) is 6.46. The average Bonchev–Trinajstić information content (AvgIpc) is 3.48. The molecule has 5 nitrogen and oxygen atoms in total. The van der Waals surface area contributed by atoms with Crippen LogP contribution in [-0.4, -0.2) is 42.9 Å². The van der Waals surface area contributed by atoms with Crippen LogP contribution in [0.4, 0.5) is 0 Å². The molecule has 0 aromatic heterocycles. The van der Waals surface area contributed by atoms with E-state index in [2.05, 4.69) is 29.2 Å². The van der Waals surface area contributed by atoms with Crippen LogP contribution in [0.25, 0.3) is 0 Å². The zero-order valence-corrected chi connectivity index (χ0v) is 18.4. The molecule has 0 radical (unpaired) electrons. The van der Waals surface area contributed by atoms with Crippen LogP contribution in [-0.2, 0) is 28.7 Å². The SMILES string of the molecule is Cc1cc(CS(=O)(=O)C2CC2)cc(OCc2ccc(CN3CCC[C@@H]3CO)cc2)c1. The molecule has 0 spiro atoms. The Bertz CT molecular complexity index is 967. The summed E-state index contributed by atoms with van der Waals surface area (Å²) >= 11 is 0. The van der Waals surface area contributed by atoms with Crippen LogP contribution < -0.4 is 4.74 Å². The molecule has 0 bridgehead atoms. The van der Waals surface area contributed by atoms with Crippen molar-refractivity contribution in [3.63, 3.8) is 0 Å². The Hall–Kier alpha value is -1.89. The highest BCUT2D eigenvalue weighted by atomic mass is 32.2. The van der Waals surface area contributed by atoms with Crippen molar-refractivity contribution in [3.05, 3.63) is 64.7 Å². The summed E-state index contributed by atoms with van der Waals surface area (Å²) in [4.78, 5) is 2.34. The molecule has 1 atom stereocenters. The van der Waals surface area contributed by atoms with Gasteiger partial charge in [0.25, 0.3) is 0 Å². The number of sulfone groups is 1. The molecule has 1 aliphatic heterocycles. The maximum absolute atomic E-state index is 12.3. The predicted octanol–water partition coefficient (Wildman–Crippen LogP) is 3.61. The van der Waals surface area contributed by atoms with E-state index in [1.165, 1.54) is 5.56 Å². The fraction of sp³-hybridized carbons (Fsp3) is 0.500. The van der Waals surface area contributed by atoms with E-state index in [9.17, 15) is 13.5 Å². The van der Waals surface area contributed by atoms with E-state index in [4.69, 9.17) is 4.74 Å². The minimum absolute atomic E-state index is 0.0930. The molecule has 4 rings (SSSR count). The van der Waals surface area contributed by atoms with Crippen LogP contribution in [0.1, 0.15) is 47.9 Å². The zero-order valence-electron chi connectivity index (χ0n) is 17.6. The molecule has 162 valence electrons. The van der Waals surface area contributed by atoms with Crippen LogP contribution in [0, 0.1) is 6.92 Å². The van der Waals surface area contributed by atoms with Gasteiger partial charge in [-0.05, 0) is 73.5 Å². The largest absolute Gasteiger partial charge is 0.489 e. The fourth-order valence-corrected chi connectivity index (χ4v) is 5.94. The molecule has 2 fully saturated rings. The molecule has 0 unspecified atom stereocenters. The Morgan fingerprint density at radius 2 is 1.77 bits per heavy atom. The second-order valence-corrected chi connectivity index (χ2v) is 11.0. The van der Waals surface area contributed by atoms with Gasteiger partial charge in [0, 0.05) is 12.6 Å². The molecule has 1 aliphatic carbocycles. The van der Waals surface area contributed by atoms with Crippen molar-refractivity contribution in [2.45, 2.75) is 62.8 Å². The van der Waals surface area contributed by atoms with E-state index in [0.29, 0.717) is 12.4 Å². The molecule has 6 heteroatoms. The van der Waals surface area contributed by atoms with Crippen molar-refractivity contribution in [1.29, 1.82) is 0 Å². The van der Waals surface area contributed by atoms with E-state index in [1.54, 1.807) is 0 Å². The number of aliphatic hydroxyl groups excluding tert-OH is 1. The van der Waals surface area contributed by atoms with Crippen molar-refractivity contribution in [3.8, 4) is 5.75 Å². The van der Waals surface area contributed by atoms with Gasteiger partial charge in [0.15, 0.2) is 9.84 Å². The molecule has 1 saturated heterocycles. The first kappa shape index (κ1) is 21.3. The van der Waals surface area contributed by atoms with E-state index >= 15 is 0 Å². The van der Waals surface area contributed by atoms with Crippen molar-refractivity contribution >= 4 is 9.84 Å². The van der Waals surface area contributed by atoms with Crippen LogP contribution in [0.15, 0.2) is 42.5 Å². The van der Waals surface area contributed by atoms with E-state index in [-0.39, 0.29) is 23.7 Å². The maximum Gasteiger partial charge on any atom is 0.157 e. The smallest absolute Gasteiger partial charge is 0.157 e. The molecular weight excluding hydrogens is 398 g/mol. The molecule has 0 amide bonds. The highest BCUT2D eigenvalue weighted by Gasteiger charge is 2.35. The zero-order chi connectivity index (χ0) is 21.1. The number of nitrogens with zero attached hydrogens (tertiary/aromatic N) is 1. The summed E-state index contributed by atoms with van der Waals surface area (Å²) in [6.45, 7) is 4.55. The third-order valence-corrected chi connectivity index (χ3v) is 8.26. The van der Waals surface area contributed by atoms with Gasteiger partial charge < -0.3 is 9.84 Å². The van der Waals surface area contributed by atoms with Gasteiger partial charge in [-0.1, -0.05) is 30.3 Å². The first-order valence-electron chi connectivity index (χ1n) is 10.8. The minimum atomic E-state index is -3.04. The van der Waals surface area contributed by atoms with Crippen molar-refractivity contribution < 1.29 is 18.3 Å². The first-order chi connectivity index (χ1) is 14.4. The van der Waals surface area contributed by atoms with Gasteiger partial charge >= 0.3 is 0 Å². The quantitative estimate of drug-likeness (QED) is 0.660. The Labute approximate surface area is 179 Å². The van der Waals surface area contributed by atoms with E-state index < -0.39 is 9.84 Å². The topological polar surface area (TPSA) is 66.8 Å². The molecule has 1 N–H and O–H groups in total. The monoisotopic (exact) mass is 429 g/mol. The maximum atomic E-state index is 12.3. The number of aliphatic hydroxyl groups is 1. The average molecular weight is 430 g/mol. The summed E-state index contributed by atoms with van der Waals surface area (Å²) in [6, 6.07) is 14.4. The Morgan fingerprint density at radius 1 is 1.03 bits per heavy atom. The van der Waals surface area contributed by atoms with Gasteiger partial charge in [-0.3, -0.25) is 4.90 Å². The van der Waals surface area contributed by atoms with Crippen LogP contribution in [0.5, 0.6) is 5.75 Å². The number of benzene rings is 2. The number of likely N-dealkylation sites (tertiary alicyclic amines) is 1.